The van der Waals surface area contributed by atoms with Gasteiger partial charge in [-0.2, -0.15) is 0 Å². The lowest BCUT2D eigenvalue weighted by Gasteiger charge is -2.39. The molecule has 2 aromatic rings. The van der Waals surface area contributed by atoms with E-state index in [1.807, 2.05) is 18.6 Å². The number of thioether (sulfide) groups is 1. The Morgan fingerprint density at radius 3 is 2.65 bits per heavy atom. The maximum Gasteiger partial charge on any atom is 0.211 e. The third-order valence-corrected chi connectivity index (χ3v) is 6.62. The van der Waals surface area contributed by atoms with Crippen LogP contribution in [0.5, 0.6) is 0 Å². The Kier molecular flexibility index (Phi) is 4.80. The fraction of sp³-hybridized carbons (Fsp3) is 0.474. The molecule has 0 unspecified atom stereocenters. The molecule has 2 aliphatic rings. The van der Waals surface area contributed by atoms with Crippen LogP contribution in [0.1, 0.15) is 38.5 Å². The molecule has 2 fully saturated rings. The summed E-state index contributed by atoms with van der Waals surface area (Å²) in [6.07, 6.45) is 18.9. The van der Waals surface area contributed by atoms with Crippen LogP contribution in [0.15, 0.2) is 46.9 Å². The largest absolute Gasteiger partial charge is 0.405 e. The smallest absolute Gasteiger partial charge is 0.211 e. The van der Waals surface area contributed by atoms with Crippen molar-refractivity contribution in [3.8, 4) is 0 Å². The molecule has 4 rings (SSSR count). The molecule has 138 valence electrons. The zero-order valence-corrected chi connectivity index (χ0v) is 15.8. The number of piperidine rings is 1. The van der Waals surface area contributed by atoms with Crippen molar-refractivity contribution >= 4 is 23.4 Å². The molecule has 1 saturated carbocycles. The van der Waals surface area contributed by atoms with E-state index in [4.69, 9.17) is 16.5 Å². The molecule has 26 heavy (non-hydrogen) atoms. The Labute approximate surface area is 158 Å². The highest BCUT2D eigenvalue weighted by Gasteiger charge is 2.37. The molecule has 1 aliphatic heterocycles. The lowest BCUT2D eigenvalue weighted by atomic mass is 9.77. The molecule has 4 N–H and O–H groups in total. The zero-order chi connectivity index (χ0) is 18.0. The molecular formula is C19H26N6S. The van der Waals surface area contributed by atoms with E-state index in [1.54, 1.807) is 12.2 Å². The summed E-state index contributed by atoms with van der Waals surface area (Å²) in [5, 5.41) is 0.660. The number of hydrogen-bond donors (Lipinski definition) is 2. The fourth-order valence-corrected chi connectivity index (χ4v) is 5.06. The van der Waals surface area contributed by atoms with Crippen LogP contribution in [-0.4, -0.2) is 27.5 Å². The zero-order valence-electron chi connectivity index (χ0n) is 15.0. The lowest BCUT2D eigenvalue weighted by Crippen LogP contribution is -2.40. The summed E-state index contributed by atoms with van der Waals surface area (Å²) in [5.74, 6) is 0.985. The first-order valence-corrected chi connectivity index (χ1v) is 10.1. The van der Waals surface area contributed by atoms with E-state index >= 15 is 0 Å². The standard InChI is InChI=1S/C19H26N6S/c20-9-3-4-16(21)26-15-14-23-18(25-13-10-22-17(15)25)24-11-7-19(8-12-24)5-1-2-6-19/h3-4,9-10,13-14H,1-2,5-8,11-12,20-21H2/b9-3-,16-4+. The van der Waals surface area contributed by atoms with Gasteiger partial charge in [-0.3, -0.25) is 4.40 Å². The highest BCUT2D eigenvalue weighted by atomic mass is 32.2. The number of hydrogen-bond acceptors (Lipinski definition) is 6. The van der Waals surface area contributed by atoms with Crippen molar-refractivity contribution in [3.63, 3.8) is 0 Å². The van der Waals surface area contributed by atoms with Crippen molar-refractivity contribution < 1.29 is 0 Å². The SMILES string of the molecule is N/C=C\C=C(/N)Sc1cnc(N2CCC3(CCCC3)CC2)n2ccnc12. The molecule has 0 atom stereocenters. The predicted octanol–water partition coefficient (Wildman–Crippen LogP) is 3.25. The van der Waals surface area contributed by atoms with Gasteiger partial charge in [0, 0.05) is 31.7 Å². The quantitative estimate of drug-likeness (QED) is 0.635. The minimum atomic E-state index is 0.607. The number of nitrogens with two attached hydrogens (primary N) is 2. The topological polar surface area (TPSA) is 85.5 Å². The second-order valence-electron chi connectivity index (χ2n) is 7.29. The van der Waals surface area contributed by atoms with Crippen LogP contribution >= 0.6 is 11.8 Å². The lowest BCUT2D eigenvalue weighted by molar-refractivity contribution is 0.225. The van der Waals surface area contributed by atoms with Crippen LogP contribution in [0.3, 0.4) is 0 Å². The molecule has 0 amide bonds. The van der Waals surface area contributed by atoms with Crippen LogP contribution in [0.4, 0.5) is 5.95 Å². The van der Waals surface area contributed by atoms with Gasteiger partial charge in [0.25, 0.3) is 0 Å². The Morgan fingerprint density at radius 1 is 1.15 bits per heavy atom. The van der Waals surface area contributed by atoms with E-state index < -0.39 is 0 Å². The molecule has 0 bridgehead atoms. The molecular weight excluding hydrogens is 344 g/mol. The summed E-state index contributed by atoms with van der Waals surface area (Å²) in [6.45, 7) is 2.16. The number of rotatable bonds is 4. The average Bonchev–Trinajstić information content (AvgIpc) is 3.31. The van der Waals surface area contributed by atoms with Gasteiger partial charge in [0.05, 0.1) is 9.92 Å². The first-order chi connectivity index (χ1) is 12.7. The van der Waals surface area contributed by atoms with Gasteiger partial charge >= 0.3 is 0 Å². The maximum absolute atomic E-state index is 6.04. The van der Waals surface area contributed by atoms with Crippen LogP contribution in [0.25, 0.3) is 5.65 Å². The van der Waals surface area contributed by atoms with Gasteiger partial charge in [-0.25, -0.2) is 9.97 Å². The number of nitrogens with zero attached hydrogens (tertiary/aromatic N) is 4. The summed E-state index contributed by atoms with van der Waals surface area (Å²) < 4.78 is 2.08. The summed E-state index contributed by atoms with van der Waals surface area (Å²) in [4.78, 5) is 12.6. The van der Waals surface area contributed by atoms with Crippen molar-refractivity contribution in [2.45, 2.75) is 43.4 Å². The number of imidazole rings is 1. The summed E-state index contributed by atoms with van der Waals surface area (Å²) in [7, 11) is 0. The molecule has 7 heteroatoms. The monoisotopic (exact) mass is 370 g/mol. The van der Waals surface area contributed by atoms with Gasteiger partial charge in [-0.1, -0.05) is 24.6 Å². The van der Waals surface area contributed by atoms with Crippen LogP contribution in [-0.2, 0) is 0 Å². The maximum atomic E-state index is 6.04. The Morgan fingerprint density at radius 2 is 1.92 bits per heavy atom. The van der Waals surface area contributed by atoms with Gasteiger partial charge in [0.1, 0.15) is 0 Å². The van der Waals surface area contributed by atoms with Gasteiger partial charge in [0.2, 0.25) is 5.95 Å². The van der Waals surface area contributed by atoms with Crippen LogP contribution in [0, 0.1) is 5.41 Å². The Bertz CT molecular complexity index is 824. The molecule has 0 radical (unpaired) electrons. The number of allylic oxidation sites excluding steroid dienone is 2. The van der Waals surface area contributed by atoms with Gasteiger partial charge in [-0.15, -0.1) is 0 Å². The van der Waals surface area contributed by atoms with E-state index in [9.17, 15) is 0 Å². The molecule has 1 saturated heterocycles. The third-order valence-electron chi connectivity index (χ3n) is 5.74. The van der Waals surface area contributed by atoms with E-state index in [2.05, 4.69) is 14.3 Å². The minimum absolute atomic E-state index is 0.607. The highest BCUT2D eigenvalue weighted by Crippen LogP contribution is 2.46. The van der Waals surface area contributed by atoms with E-state index in [-0.39, 0.29) is 0 Å². The molecule has 3 heterocycles. The van der Waals surface area contributed by atoms with Crippen LogP contribution < -0.4 is 16.4 Å². The third kappa shape index (κ3) is 3.28. The minimum Gasteiger partial charge on any atom is -0.405 e. The van der Waals surface area contributed by atoms with Gasteiger partial charge < -0.3 is 16.4 Å². The first kappa shape index (κ1) is 17.3. The fourth-order valence-electron chi connectivity index (χ4n) is 4.31. The van der Waals surface area contributed by atoms with Gasteiger partial charge in [0.15, 0.2) is 5.65 Å². The van der Waals surface area contributed by atoms with Crippen molar-refractivity contribution in [2.24, 2.45) is 16.9 Å². The molecule has 1 aliphatic carbocycles. The normalized spacial score (nSPS) is 20.6. The number of anilines is 1. The molecule has 0 aromatic carbocycles. The summed E-state index contributed by atoms with van der Waals surface area (Å²) >= 11 is 1.46. The van der Waals surface area contributed by atoms with Crippen molar-refractivity contribution in [1.82, 2.24) is 14.4 Å². The second kappa shape index (κ2) is 7.23. The van der Waals surface area contributed by atoms with E-state index in [0.29, 0.717) is 10.4 Å². The summed E-state index contributed by atoms with van der Waals surface area (Å²) in [5.41, 5.74) is 12.9. The molecule has 1 spiro atoms. The number of aromatic nitrogens is 3. The Hall–Kier alpha value is -2.15. The predicted molar refractivity (Wildman–Crippen MR) is 107 cm³/mol. The summed E-state index contributed by atoms with van der Waals surface area (Å²) in [6, 6.07) is 0. The van der Waals surface area contributed by atoms with E-state index in [0.717, 1.165) is 29.6 Å². The molecule has 2 aromatic heterocycles. The van der Waals surface area contributed by atoms with Crippen LogP contribution in [0.2, 0.25) is 0 Å². The Balaban J connectivity index is 1.56. The van der Waals surface area contributed by atoms with Gasteiger partial charge in [-0.05, 0) is 49.5 Å². The molecule has 6 nitrogen and oxygen atoms in total. The second-order valence-corrected chi connectivity index (χ2v) is 8.41. The van der Waals surface area contributed by atoms with Crippen molar-refractivity contribution in [2.75, 3.05) is 18.0 Å². The first-order valence-electron chi connectivity index (χ1n) is 9.30. The van der Waals surface area contributed by atoms with Crippen molar-refractivity contribution in [3.05, 3.63) is 42.0 Å². The highest BCUT2D eigenvalue weighted by molar-refractivity contribution is 8.03. The van der Waals surface area contributed by atoms with Crippen molar-refractivity contribution in [1.29, 1.82) is 0 Å². The van der Waals surface area contributed by atoms with E-state index in [1.165, 1.54) is 56.5 Å². The number of fused-ring (bicyclic) bond motifs is 1. The average molecular weight is 371 g/mol.